The molecular weight excluding hydrogens is 524 g/mol. The Morgan fingerprint density at radius 2 is 1.68 bits per heavy atom. The van der Waals surface area contributed by atoms with Crippen molar-refractivity contribution in [2.75, 3.05) is 19.8 Å². The summed E-state index contributed by atoms with van der Waals surface area (Å²) in [5.41, 5.74) is 2.02. The van der Waals surface area contributed by atoms with E-state index in [2.05, 4.69) is 6.07 Å². The zero-order valence-electron chi connectivity index (χ0n) is 21.8. The molecule has 0 aliphatic carbocycles. The maximum Gasteiger partial charge on any atom is 0.293 e. The topological polar surface area (TPSA) is 88.9 Å². The van der Waals surface area contributed by atoms with E-state index in [0.29, 0.717) is 39.9 Å². The van der Waals surface area contributed by atoms with Gasteiger partial charge < -0.3 is 14.2 Å². The lowest BCUT2D eigenvalue weighted by atomic mass is 10.1. The third-order valence-corrected chi connectivity index (χ3v) is 7.19. The molecule has 0 N–H and O–H groups in total. The molecule has 1 fully saturated rings. The fraction of sp³-hybridized carbons (Fsp3) is 0.156. The smallest absolute Gasteiger partial charge is 0.293 e. The first-order valence-corrected chi connectivity index (χ1v) is 13.6. The van der Waals surface area contributed by atoms with Gasteiger partial charge in [0.15, 0.2) is 11.5 Å². The molecule has 0 atom stereocenters. The minimum atomic E-state index is -0.358. The van der Waals surface area contributed by atoms with Crippen LogP contribution in [0.3, 0.4) is 0 Å². The SMILES string of the molecule is CCOc1cc(/C=C2\SC(=O)N(CCOc3cccc4ccccc34)C2=O)ccc1OCc1ccccc1C#N. The molecule has 7 nitrogen and oxygen atoms in total. The second kappa shape index (κ2) is 12.4. The van der Waals surface area contributed by atoms with E-state index in [4.69, 9.17) is 14.2 Å². The van der Waals surface area contributed by atoms with Crippen molar-refractivity contribution >= 4 is 39.8 Å². The van der Waals surface area contributed by atoms with Gasteiger partial charge in [-0.15, -0.1) is 0 Å². The van der Waals surface area contributed by atoms with Crippen LogP contribution in [0.2, 0.25) is 0 Å². The number of nitrogens with zero attached hydrogens (tertiary/aromatic N) is 2. The van der Waals surface area contributed by atoms with E-state index in [1.807, 2.05) is 67.6 Å². The van der Waals surface area contributed by atoms with Gasteiger partial charge in [0.2, 0.25) is 0 Å². The number of amides is 2. The van der Waals surface area contributed by atoms with Crippen molar-refractivity contribution in [2.24, 2.45) is 0 Å². The molecular formula is C32H26N2O5S. The quantitative estimate of drug-likeness (QED) is 0.201. The first-order chi connectivity index (χ1) is 19.6. The van der Waals surface area contributed by atoms with Gasteiger partial charge in [0.1, 0.15) is 19.0 Å². The van der Waals surface area contributed by atoms with Crippen molar-refractivity contribution < 1.29 is 23.8 Å². The third kappa shape index (κ3) is 5.95. The van der Waals surface area contributed by atoms with Crippen molar-refractivity contribution in [1.29, 1.82) is 5.26 Å². The van der Waals surface area contributed by atoms with Crippen LogP contribution in [0, 0.1) is 11.3 Å². The number of carbonyl (C=O) groups is 2. The number of carbonyl (C=O) groups excluding carboxylic acids is 2. The van der Waals surface area contributed by atoms with Crippen LogP contribution in [-0.2, 0) is 11.4 Å². The standard InChI is InChI=1S/C32H26N2O5S/c1-2-37-29-18-22(14-15-28(29)39-21-25-10-4-3-9-24(25)20-33)19-30-31(35)34(32(36)40-30)16-17-38-27-13-7-11-23-8-5-6-12-26(23)27/h3-15,18-19H,2,16-17,21H2,1H3/b30-19-. The summed E-state index contributed by atoms with van der Waals surface area (Å²) < 4.78 is 17.7. The van der Waals surface area contributed by atoms with E-state index in [-0.39, 0.29) is 30.9 Å². The molecule has 8 heteroatoms. The van der Waals surface area contributed by atoms with E-state index in [1.54, 1.807) is 30.3 Å². The number of hydrogen-bond acceptors (Lipinski definition) is 7. The van der Waals surface area contributed by atoms with Gasteiger partial charge in [-0.1, -0.05) is 60.7 Å². The van der Waals surface area contributed by atoms with Crippen molar-refractivity contribution in [3.8, 4) is 23.3 Å². The number of imide groups is 1. The summed E-state index contributed by atoms with van der Waals surface area (Å²) in [6.45, 7) is 2.83. The van der Waals surface area contributed by atoms with Gasteiger partial charge in [0.05, 0.1) is 29.7 Å². The van der Waals surface area contributed by atoms with E-state index < -0.39 is 0 Å². The van der Waals surface area contributed by atoms with Crippen LogP contribution in [0.1, 0.15) is 23.6 Å². The lowest BCUT2D eigenvalue weighted by molar-refractivity contribution is -0.123. The van der Waals surface area contributed by atoms with Gasteiger partial charge in [-0.25, -0.2) is 0 Å². The molecule has 0 radical (unpaired) electrons. The van der Waals surface area contributed by atoms with Gasteiger partial charge in [0.25, 0.3) is 11.1 Å². The van der Waals surface area contributed by atoms with Gasteiger partial charge in [-0.05, 0) is 60.0 Å². The maximum atomic E-state index is 13.1. The van der Waals surface area contributed by atoms with E-state index in [0.717, 1.165) is 28.1 Å². The largest absolute Gasteiger partial charge is 0.491 e. The average Bonchev–Trinajstić information content (AvgIpc) is 3.24. The Balaban J connectivity index is 1.26. The Bertz CT molecular complexity index is 1640. The normalized spacial score (nSPS) is 14.0. The molecule has 40 heavy (non-hydrogen) atoms. The molecule has 1 aliphatic rings. The molecule has 200 valence electrons. The van der Waals surface area contributed by atoms with E-state index >= 15 is 0 Å². The van der Waals surface area contributed by atoms with Gasteiger partial charge in [-0.3, -0.25) is 14.5 Å². The predicted molar refractivity (Wildman–Crippen MR) is 155 cm³/mol. The molecule has 0 saturated carbocycles. The summed E-state index contributed by atoms with van der Waals surface area (Å²) in [6.07, 6.45) is 1.67. The summed E-state index contributed by atoms with van der Waals surface area (Å²) in [6, 6.07) is 28.4. The first-order valence-electron chi connectivity index (χ1n) is 12.8. The van der Waals surface area contributed by atoms with E-state index in [1.165, 1.54) is 4.90 Å². The summed E-state index contributed by atoms with van der Waals surface area (Å²) in [5, 5.41) is 11.0. The average molecular weight is 551 g/mol. The Kier molecular flexibility index (Phi) is 8.33. The second-order valence-electron chi connectivity index (χ2n) is 8.86. The summed E-state index contributed by atoms with van der Waals surface area (Å²) in [4.78, 5) is 27.2. The predicted octanol–water partition coefficient (Wildman–Crippen LogP) is 6.80. The fourth-order valence-electron chi connectivity index (χ4n) is 4.33. The van der Waals surface area contributed by atoms with Crippen LogP contribution in [0.25, 0.3) is 16.8 Å². The first kappa shape index (κ1) is 26.9. The van der Waals surface area contributed by atoms with Gasteiger partial charge in [-0.2, -0.15) is 5.26 Å². The van der Waals surface area contributed by atoms with Crippen molar-refractivity contribution in [3.63, 3.8) is 0 Å². The number of fused-ring (bicyclic) bond motifs is 1. The van der Waals surface area contributed by atoms with Crippen LogP contribution < -0.4 is 14.2 Å². The van der Waals surface area contributed by atoms with Crippen LogP contribution in [0.5, 0.6) is 17.2 Å². The van der Waals surface area contributed by atoms with Crippen LogP contribution >= 0.6 is 11.8 Å². The summed E-state index contributed by atoms with van der Waals surface area (Å²) in [7, 11) is 0. The molecule has 1 saturated heterocycles. The van der Waals surface area contributed by atoms with E-state index in [9.17, 15) is 14.9 Å². The monoisotopic (exact) mass is 550 g/mol. The highest BCUT2D eigenvalue weighted by Gasteiger charge is 2.34. The number of hydrogen-bond donors (Lipinski definition) is 0. The van der Waals surface area contributed by atoms with Crippen LogP contribution in [-0.4, -0.2) is 35.8 Å². The minimum Gasteiger partial charge on any atom is -0.491 e. The molecule has 4 aromatic carbocycles. The van der Waals surface area contributed by atoms with Crippen molar-refractivity contribution in [2.45, 2.75) is 13.5 Å². The molecule has 0 aromatic heterocycles. The minimum absolute atomic E-state index is 0.145. The van der Waals surface area contributed by atoms with Gasteiger partial charge >= 0.3 is 0 Å². The number of benzene rings is 4. The highest BCUT2D eigenvalue weighted by atomic mass is 32.2. The molecule has 4 aromatic rings. The molecule has 2 amide bonds. The Morgan fingerprint density at radius 3 is 2.52 bits per heavy atom. The Hall–Kier alpha value is -4.74. The fourth-order valence-corrected chi connectivity index (χ4v) is 5.19. The lowest BCUT2D eigenvalue weighted by Crippen LogP contribution is -2.32. The molecule has 1 aliphatic heterocycles. The maximum absolute atomic E-state index is 13.1. The van der Waals surface area contributed by atoms with Crippen molar-refractivity contribution in [3.05, 3.63) is 107 Å². The summed E-state index contributed by atoms with van der Waals surface area (Å²) >= 11 is 0.901. The second-order valence-corrected chi connectivity index (χ2v) is 9.85. The molecule has 0 spiro atoms. The Morgan fingerprint density at radius 1 is 0.875 bits per heavy atom. The van der Waals surface area contributed by atoms with Crippen molar-refractivity contribution in [1.82, 2.24) is 4.90 Å². The lowest BCUT2D eigenvalue weighted by Gasteiger charge is -2.14. The number of thioether (sulfide) groups is 1. The number of rotatable bonds is 10. The number of ether oxygens (including phenoxy) is 3. The molecule has 0 unspecified atom stereocenters. The Labute approximate surface area is 236 Å². The van der Waals surface area contributed by atoms with Gasteiger partial charge in [0, 0.05) is 10.9 Å². The van der Waals surface area contributed by atoms with Crippen LogP contribution in [0.15, 0.2) is 89.8 Å². The molecule has 1 heterocycles. The zero-order chi connectivity index (χ0) is 27.9. The number of nitriles is 1. The highest BCUT2D eigenvalue weighted by Crippen LogP contribution is 2.35. The third-order valence-electron chi connectivity index (χ3n) is 6.28. The zero-order valence-corrected chi connectivity index (χ0v) is 22.6. The summed E-state index contributed by atoms with van der Waals surface area (Å²) in [5.74, 6) is 1.38. The van der Waals surface area contributed by atoms with Crippen LogP contribution in [0.4, 0.5) is 4.79 Å². The highest BCUT2D eigenvalue weighted by molar-refractivity contribution is 8.18. The molecule has 5 rings (SSSR count). The molecule has 0 bridgehead atoms.